The van der Waals surface area contributed by atoms with E-state index in [0.29, 0.717) is 5.56 Å². The summed E-state index contributed by atoms with van der Waals surface area (Å²) in [6, 6.07) is 8.36. The number of carbonyl (C=O) groups is 2. The molecule has 2 N–H and O–H groups in total. The number of nitriles is 1. The van der Waals surface area contributed by atoms with E-state index in [1.54, 1.807) is 12.1 Å². The number of amides is 2. The fourth-order valence-corrected chi connectivity index (χ4v) is 1.99. The van der Waals surface area contributed by atoms with Gasteiger partial charge in [-0.25, -0.2) is 0 Å². The zero-order valence-corrected chi connectivity index (χ0v) is 12.8. The normalized spacial score (nSPS) is 13.1. The van der Waals surface area contributed by atoms with Gasteiger partial charge in [-0.3, -0.25) is 9.59 Å². The monoisotopic (exact) mass is 287 g/mol. The van der Waals surface area contributed by atoms with Crippen LogP contribution in [0.15, 0.2) is 24.3 Å². The summed E-state index contributed by atoms with van der Waals surface area (Å²) in [5, 5.41) is 14.3. The molecule has 0 aliphatic carbocycles. The van der Waals surface area contributed by atoms with Gasteiger partial charge in [0.1, 0.15) is 6.04 Å². The van der Waals surface area contributed by atoms with Crippen molar-refractivity contribution < 1.29 is 9.59 Å². The molecule has 1 rings (SSSR count). The maximum atomic E-state index is 12.2. The fraction of sp³-hybridized carbons (Fsp3) is 0.438. The first-order valence-electron chi connectivity index (χ1n) is 6.92. The Balaban J connectivity index is 2.75. The van der Waals surface area contributed by atoms with E-state index in [1.807, 2.05) is 32.9 Å². The van der Waals surface area contributed by atoms with Gasteiger partial charge in [0.15, 0.2) is 0 Å². The Hall–Kier alpha value is -2.35. The van der Waals surface area contributed by atoms with E-state index < -0.39 is 6.04 Å². The Morgan fingerprint density at radius 2 is 1.67 bits per heavy atom. The SMILES string of the molecule is CC(=O)NC(C(=O)NC(C)c1ccc(C#N)cc1)C(C)C. The van der Waals surface area contributed by atoms with Gasteiger partial charge in [-0.1, -0.05) is 26.0 Å². The Bertz CT molecular complexity index is 544. The number of hydrogen-bond donors (Lipinski definition) is 2. The largest absolute Gasteiger partial charge is 0.348 e. The molecule has 0 aromatic heterocycles. The second-order valence-corrected chi connectivity index (χ2v) is 5.39. The molecule has 2 atom stereocenters. The van der Waals surface area contributed by atoms with E-state index in [2.05, 4.69) is 16.7 Å². The standard InChI is InChI=1S/C16H21N3O2/c1-10(2)15(19-12(4)20)16(21)18-11(3)14-7-5-13(9-17)6-8-14/h5-8,10-11,15H,1-4H3,(H,18,21)(H,19,20). The van der Waals surface area contributed by atoms with Crippen molar-refractivity contribution >= 4 is 11.8 Å². The third kappa shape index (κ3) is 4.92. The molecule has 0 fully saturated rings. The summed E-state index contributed by atoms with van der Waals surface area (Å²) in [5.41, 5.74) is 1.49. The van der Waals surface area contributed by atoms with Crippen LogP contribution in [-0.2, 0) is 9.59 Å². The van der Waals surface area contributed by atoms with E-state index >= 15 is 0 Å². The number of nitrogens with one attached hydrogen (secondary N) is 2. The first-order chi connectivity index (χ1) is 9.85. The van der Waals surface area contributed by atoms with Crippen molar-refractivity contribution in [3.8, 4) is 6.07 Å². The highest BCUT2D eigenvalue weighted by Crippen LogP contribution is 2.14. The molecule has 0 aliphatic heterocycles. The van der Waals surface area contributed by atoms with Crippen LogP contribution >= 0.6 is 0 Å². The predicted molar refractivity (Wildman–Crippen MR) is 80.2 cm³/mol. The van der Waals surface area contributed by atoms with Crippen LogP contribution in [0.4, 0.5) is 0 Å². The van der Waals surface area contributed by atoms with Crippen LogP contribution in [0.25, 0.3) is 0 Å². The molecule has 1 aromatic rings. The number of rotatable bonds is 5. The van der Waals surface area contributed by atoms with Crippen molar-refractivity contribution in [1.82, 2.24) is 10.6 Å². The summed E-state index contributed by atoms with van der Waals surface area (Å²) >= 11 is 0. The Labute approximate surface area is 125 Å². The van der Waals surface area contributed by atoms with Gasteiger partial charge >= 0.3 is 0 Å². The first kappa shape index (κ1) is 16.7. The van der Waals surface area contributed by atoms with Gasteiger partial charge in [0, 0.05) is 6.92 Å². The molecule has 2 unspecified atom stereocenters. The van der Waals surface area contributed by atoms with Gasteiger partial charge in [-0.05, 0) is 30.5 Å². The molecule has 21 heavy (non-hydrogen) atoms. The van der Waals surface area contributed by atoms with Crippen LogP contribution in [0.1, 0.15) is 44.9 Å². The van der Waals surface area contributed by atoms with Gasteiger partial charge < -0.3 is 10.6 Å². The zero-order valence-electron chi connectivity index (χ0n) is 12.8. The minimum absolute atomic E-state index is 0.00191. The van der Waals surface area contributed by atoms with Crippen molar-refractivity contribution in [1.29, 1.82) is 5.26 Å². The second kappa shape index (κ2) is 7.44. The van der Waals surface area contributed by atoms with Crippen molar-refractivity contribution in [3.05, 3.63) is 35.4 Å². The van der Waals surface area contributed by atoms with E-state index in [1.165, 1.54) is 6.92 Å². The molecule has 2 amide bonds. The van der Waals surface area contributed by atoms with Crippen LogP contribution in [-0.4, -0.2) is 17.9 Å². The van der Waals surface area contributed by atoms with Gasteiger partial charge in [0.05, 0.1) is 17.7 Å². The third-order valence-electron chi connectivity index (χ3n) is 3.21. The van der Waals surface area contributed by atoms with Crippen LogP contribution in [0, 0.1) is 17.2 Å². The Morgan fingerprint density at radius 1 is 1.10 bits per heavy atom. The smallest absolute Gasteiger partial charge is 0.243 e. The quantitative estimate of drug-likeness (QED) is 0.867. The third-order valence-corrected chi connectivity index (χ3v) is 3.21. The number of nitrogens with zero attached hydrogens (tertiary/aromatic N) is 1. The summed E-state index contributed by atoms with van der Waals surface area (Å²) in [6.45, 7) is 7.02. The summed E-state index contributed by atoms with van der Waals surface area (Å²) in [7, 11) is 0. The van der Waals surface area contributed by atoms with Crippen LogP contribution < -0.4 is 10.6 Å². The average molecular weight is 287 g/mol. The highest BCUT2D eigenvalue weighted by molar-refractivity contribution is 5.87. The second-order valence-electron chi connectivity index (χ2n) is 5.39. The fourth-order valence-electron chi connectivity index (χ4n) is 1.99. The molecular formula is C16H21N3O2. The molecule has 112 valence electrons. The lowest BCUT2D eigenvalue weighted by atomic mass is 10.0. The number of benzene rings is 1. The van der Waals surface area contributed by atoms with Crippen LogP contribution in [0.2, 0.25) is 0 Å². The summed E-state index contributed by atoms with van der Waals surface area (Å²) in [4.78, 5) is 23.4. The van der Waals surface area contributed by atoms with Crippen molar-refractivity contribution in [2.45, 2.75) is 39.8 Å². The molecule has 0 saturated heterocycles. The minimum Gasteiger partial charge on any atom is -0.348 e. The molecular weight excluding hydrogens is 266 g/mol. The molecule has 0 spiro atoms. The zero-order chi connectivity index (χ0) is 16.0. The van der Waals surface area contributed by atoms with Crippen molar-refractivity contribution in [2.24, 2.45) is 5.92 Å². The molecule has 0 aliphatic rings. The predicted octanol–water partition coefficient (Wildman–Crippen LogP) is 1.90. The van der Waals surface area contributed by atoms with Gasteiger partial charge in [-0.15, -0.1) is 0 Å². The van der Waals surface area contributed by atoms with Gasteiger partial charge in [0.25, 0.3) is 0 Å². The molecule has 0 saturated carbocycles. The molecule has 0 bridgehead atoms. The first-order valence-corrected chi connectivity index (χ1v) is 6.92. The van der Waals surface area contributed by atoms with Gasteiger partial charge in [-0.2, -0.15) is 5.26 Å². The average Bonchev–Trinajstić information content (AvgIpc) is 2.44. The van der Waals surface area contributed by atoms with E-state index in [-0.39, 0.29) is 23.8 Å². The molecule has 5 heteroatoms. The maximum Gasteiger partial charge on any atom is 0.243 e. The molecule has 5 nitrogen and oxygen atoms in total. The topological polar surface area (TPSA) is 82.0 Å². The lowest BCUT2D eigenvalue weighted by molar-refractivity contribution is -0.129. The van der Waals surface area contributed by atoms with Crippen LogP contribution in [0.5, 0.6) is 0 Å². The Morgan fingerprint density at radius 3 is 2.10 bits per heavy atom. The van der Waals surface area contributed by atoms with E-state index in [0.717, 1.165) is 5.56 Å². The van der Waals surface area contributed by atoms with Crippen molar-refractivity contribution in [2.75, 3.05) is 0 Å². The summed E-state index contributed by atoms with van der Waals surface area (Å²) < 4.78 is 0. The lowest BCUT2D eigenvalue weighted by Gasteiger charge is -2.23. The highest BCUT2D eigenvalue weighted by atomic mass is 16.2. The minimum atomic E-state index is -0.552. The van der Waals surface area contributed by atoms with Gasteiger partial charge in [0.2, 0.25) is 11.8 Å². The molecule has 0 radical (unpaired) electrons. The summed E-state index contributed by atoms with van der Waals surface area (Å²) in [6.07, 6.45) is 0. The number of carbonyl (C=O) groups excluding carboxylic acids is 2. The maximum absolute atomic E-state index is 12.2. The van der Waals surface area contributed by atoms with Crippen molar-refractivity contribution in [3.63, 3.8) is 0 Å². The molecule has 0 heterocycles. The lowest BCUT2D eigenvalue weighted by Crippen LogP contribution is -2.49. The number of hydrogen-bond acceptors (Lipinski definition) is 3. The highest BCUT2D eigenvalue weighted by Gasteiger charge is 2.24. The van der Waals surface area contributed by atoms with E-state index in [4.69, 9.17) is 5.26 Å². The molecule has 1 aromatic carbocycles. The van der Waals surface area contributed by atoms with Crippen LogP contribution in [0.3, 0.4) is 0 Å². The summed E-state index contributed by atoms with van der Waals surface area (Å²) in [5.74, 6) is -0.436. The Kier molecular flexibility index (Phi) is 5.92. The van der Waals surface area contributed by atoms with E-state index in [9.17, 15) is 9.59 Å².